The highest BCUT2D eigenvalue weighted by Gasteiger charge is 2.24. The molecular formula is C22H38IN5O. The number of aliphatic imine (C=N–C) groups is 1. The van der Waals surface area contributed by atoms with Gasteiger partial charge in [0.15, 0.2) is 5.96 Å². The van der Waals surface area contributed by atoms with Gasteiger partial charge in [-0.3, -0.25) is 14.7 Å². The summed E-state index contributed by atoms with van der Waals surface area (Å²) in [6, 6.07) is 10.9. The summed E-state index contributed by atoms with van der Waals surface area (Å²) in [6.07, 6.45) is 2.48. The SMILES string of the molecule is CN=C(NCC(=O)NC(C)(C)C)NCC(c1ccccc1)N1CCC(C)CC1.I. The second-order valence-electron chi connectivity index (χ2n) is 8.75. The molecule has 1 aliphatic rings. The lowest BCUT2D eigenvalue weighted by atomic mass is 9.95. The maximum Gasteiger partial charge on any atom is 0.239 e. The number of amides is 1. The fraction of sp³-hybridized carbons (Fsp3) is 0.636. The molecule has 1 heterocycles. The number of rotatable bonds is 6. The molecule has 1 unspecified atom stereocenters. The predicted molar refractivity (Wildman–Crippen MR) is 132 cm³/mol. The second-order valence-corrected chi connectivity index (χ2v) is 8.75. The zero-order valence-corrected chi connectivity index (χ0v) is 20.8. The Kier molecular flexibility index (Phi) is 11.0. The molecular weight excluding hydrogens is 477 g/mol. The van der Waals surface area contributed by atoms with Crippen LogP contribution in [0.3, 0.4) is 0 Å². The van der Waals surface area contributed by atoms with E-state index in [9.17, 15) is 4.79 Å². The van der Waals surface area contributed by atoms with Crippen LogP contribution in [0.1, 0.15) is 52.1 Å². The maximum absolute atomic E-state index is 12.1. The van der Waals surface area contributed by atoms with Gasteiger partial charge in [0.2, 0.25) is 5.91 Å². The van der Waals surface area contributed by atoms with E-state index in [-0.39, 0.29) is 48.0 Å². The van der Waals surface area contributed by atoms with Crippen molar-refractivity contribution in [3.63, 3.8) is 0 Å². The van der Waals surface area contributed by atoms with Crippen LogP contribution in [0.4, 0.5) is 0 Å². The molecule has 0 bridgehead atoms. The van der Waals surface area contributed by atoms with Gasteiger partial charge in [0, 0.05) is 19.1 Å². The number of halogens is 1. The van der Waals surface area contributed by atoms with Gasteiger partial charge >= 0.3 is 0 Å². The number of hydrogen-bond donors (Lipinski definition) is 3. The van der Waals surface area contributed by atoms with E-state index in [0.29, 0.717) is 5.96 Å². The van der Waals surface area contributed by atoms with Gasteiger partial charge in [0.05, 0.1) is 12.6 Å². The third-order valence-electron chi connectivity index (χ3n) is 5.06. The van der Waals surface area contributed by atoms with Crippen LogP contribution in [0.2, 0.25) is 0 Å². The summed E-state index contributed by atoms with van der Waals surface area (Å²) in [4.78, 5) is 18.9. The van der Waals surface area contributed by atoms with Gasteiger partial charge in [0.25, 0.3) is 0 Å². The van der Waals surface area contributed by atoms with E-state index in [1.165, 1.54) is 18.4 Å². The fourth-order valence-electron chi connectivity index (χ4n) is 3.51. The number of guanidine groups is 1. The van der Waals surface area contributed by atoms with Gasteiger partial charge in [0.1, 0.15) is 0 Å². The Morgan fingerprint density at radius 2 is 1.79 bits per heavy atom. The molecule has 1 aliphatic heterocycles. The van der Waals surface area contributed by atoms with E-state index in [4.69, 9.17) is 0 Å². The molecule has 0 radical (unpaired) electrons. The van der Waals surface area contributed by atoms with Gasteiger partial charge in [-0.1, -0.05) is 37.3 Å². The molecule has 164 valence electrons. The van der Waals surface area contributed by atoms with E-state index < -0.39 is 0 Å². The third-order valence-corrected chi connectivity index (χ3v) is 5.06. The topological polar surface area (TPSA) is 68.8 Å². The van der Waals surface area contributed by atoms with Crippen molar-refractivity contribution in [3.8, 4) is 0 Å². The first-order chi connectivity index (χ1) is 13.3. The number of nitrogens with one attached hydrogen (secondary N) is 3. The van der Waals surface area contributed by atoms with Crippen molar-refractivity contribution >= 4 is 35.8 Å². The predicted octanol–water partition coefficient (Wildman–Crippen LogP) is 3.16. The average molecular weight is 515 g/mol. The quantitative estimate of drug-likeness (QED) is 0.310. The van der Waals surface area contributed by atoms with Crippen molar-refractivity contribution in [1.82, 2.24) is 20.9 Å². The Balaban J connectivity index is 0.00000420. The number of hydrogen-bond acceptors (Lipinski definition) is 3. The van der Waals surface area contributed by atoms with E-state index in [2.05, 4.69) is 63.1 Å². The molecule has 0 saturated carbocycles. The second kappa shape index (κ2) is 12.4. The van der Waals surface area contributed by atoms with Gasteiger partial charge in [-0.15, -0.1) is 24.0 Å². The first kappa shape index (κ1) is 25.7. The van der Waals surface area contributed by atoms with Crippen LogP contribution in [0.15, 0.2) is 35.3 Å². The van der Waals surface area contributed by atoms with Crippen molar-refractivity contribution < 1.29 is 4.79 Å². The molecule has 0 aromatic heterocycles. The highest BCUT2D eigenvalue weighted by atomic mass is 127. The summed E-state index contributed by atoms with van der Waals surface area (Å²) < 4.78 is 0. The molecule has 0 spiro atoms. The molecule has 0 aliphatic carbocycles. The summed E-state index contributed by atoms with van der Waals surface area (Å²) in [5, 5.41) is 9.48. The van der Waals surface area contributed by atoms with E-state index in [1.54, 1.807) is 7.05 Å². The molecule has 1 atom stereocenters. The molecule has 1 aromatic carbocycles. The molecule has 1 aromatic rings. The standard InChI is InChI=1S/C22H37N5O.HI/c1-17-11-13-27(14-12-17)19(18-9-7-6-8-10-18)15-24-21(23-5)25-16-20(28)26-22(2,3)4;/h6-10,17,19H,11-16H2,1-5H3,(H,26,28)(H2,23,24,25);1H. The van der Waals surface area contributed by atoms with E-state index >= 15 is 0 Å². The molecule has 3 N–H and O–H groups in total. The van der Waals surface area contributed by atoms with Crippen LogP contribution >= 0.6 is 24.0 Å². The van der Waals surface area contributed by atoms with Crippen LogP contribution in [0, 0.1) is 5.92 Å². The number of benzene rings is 1. The zero-order valence-electron chi connectivity index (χ0n) is 18.5. The minimum atomic E-state index is -0.237. The van der Waals surface area contributed by atoms with Crippen LogP contribution < -0.4 is 16.0 Å². The Hall–Kier alpha value is -1.35. The minimum absolute atomic E-state index is 0. The Morgan fingerprint density at radius 3 is 2.34 bits per heavy atom. The van der Waals surface area contributed by atoms with Crippen LogP contribution in [-0.4, -0.2) is 55.5 Å². The van der Waals surface area contributed by atoms with Gasteiger partial charge in [-0.25, -0.2) is 0 Å². The first-order valence-electron chi connectivity index (χ1n) is 10.3. The summed E-state index contributed by atoms with van der Waals surface area (Å²) in [5.41, 5.74) is 1.07. The molecule has 2 rings (SSSR count). The van der Waals surface area contributed by atoms with Crippen molar-refractivity contribution in [2.45, 2.75) is 52.1 Å². The van der Waals surface area contributed by atoms with Crippen molar-refractivity contribution in [2.24, 2.45) is 10.9 Å². The molecule has 7 heteroatoms. The highest BCUT2D eigenvalue weighted by molar-refractivity contribution is 14.0. The lowest BCUT2D eigenvalue weighted by molar-refractivity contribution is -0.121. The molecule has 1 saturated heterocycles. The Morgan fingerprint density at radius 1 is 1.17 bits per heavy atom. The highest BCUT2D eigenvalue weighted by Crippen LogP contribution is 2.26. The molecule has 1 amide bonds. The summed E-state index contributed by atoms with van der Waals surface area (Å²) in [7, 11) is 1.73. The van der Waals surface area contributed by atoms with Crippen LogP contribution in [0.25, 0.3) is 0 Å². The Labute approximate surface area is 193 Å². The van der Waals surface area contributed by atoms with Gasteiger partial charge < -0.3 is 16.0 Å². The maximum atomic E-state index is 12.1. The molecule has 6 nitrogen and oxygen atoms in total. The van der Waals surface area contributed by atoms with Crippen LogP contribution in [-0.2, 0) is 4.79 Å². The largest absolute Gasteiger partial charge is 0.354 e. The normalized spacial score (nSPS) is 17.2. The number of nitrogens with zero attached hydrogens (tertiary/aromatic N) is 2. The lowest BCUT2D eigenvalue weighted by Crippen LogP contribution is -2.49. The number of carbonyl (C=O) groups is 1. The monoisotopic (exact) mass is 515 g/mol. The average Bonchev–Trinajstić information content (AvgIpc) is 2.65. The Bertz CT molecular complexity index is 636. The van der Waals surface area contributed by atoms with Crippen molar-refractivity contribution in [2.75, 3.05) is 33.2 Å². The molecule has 1 fully saturated rings. The zero-order chi connectivity index (χ0) is 20.6. The number of piperidine rings is 1. The summed E-state index contributed by atoms with van der Waals surface area (Å²) in [6.45, 7) is 11.4. The minimum Gasteiger partial charge on any atom is -0.354 e. The summed E-state index contributed by atoms with van der Waals surface area (Å²) in [5.74, 6) is 1.41. The van der Waals surface area contributed by atoms with E-state index in [0.717, 1.165) is 25.6 Å². The fourth-order valence-corrected chi connectivity index (χ4v) is 3.51. The number of carbonyl (C=O) groups excluding carboxylic acids is 1. The first-order valence-corrected chi connectivity index (χ1v) is 10.3. The summed E-state index contributed by atoms with van der Waals surface area (Å²) >= 11 is 0. The number of likely N-dealkylation sites (tertiary alicyclic amines) is 1. The third kappa shape index (κ3) is 9.33. The van der Waals surface area contributed by atoms with Gasteiger partial charge in [-0.05, 0) is 58.2 Å². The smallest absolute Gasteiger partial charge is 0.239 e. The van der Waals surface area contributed by atoms with Crippen molar-refractivity contribution in [3.05, 3.63) is 35.9 Å². The van der Waals surface area contributed by atoms with Crippen molar-refractivity contribution in [1.29, 1.82) is 0 Å². The molecule has 29 heavy (non-hydrogen) atoms. The van der Waals surface area contributed by atoms with E-state index in [1.807, 2.05) is 20.8 Å². The van der Waals surface area contributed by atoms with Crippen LogP contribution in [0.5, 0.6) is 0 Å². The lowest BCUT2D eigenvalue weighted by Gasteiger charge is -2.37. The van der Waals surface area contributed by atoms with Gasteiger partial charge in [-0.2, -0.15) is 0 Å².